The van der Waals surface area contributed by atoms with E-state index in [0.29, 0.717) is 11.7 Å². The van der Waals surface area contributed by atoms with E-state index < -0.39 is 0 Å². The summed E-state index contributed by atoms with van der Waals surface area (Å²) in [7, 11) is 0. The number of thiazole rings is 1. The number of nitrogens with one attached hydrogen (secondary N) is 1. The maximum atomic E-state index is 12.1. The molecule has 1 atom stereocenters. The third-order valence-electron chi connectivity index (χ3n) is 3.70. The number of ether oxygens (including phenoxy) is 1. The summed E-state index contributed by atoms with van der Waals surface area (Å²) in [6.45, 7) is 4.04. The summed E-state index contributed by atoms with van der Waals surface area (Å²) in [6, 6.07) is 7.74. The van der Waals surface area contributed by atoms with Crippen LogP contribution < -0.4 is 10.1 Å². The van der Waals surface area contributed by atoms with Gasteiger partial charge in [0.15, 0.2) is 6.61 Å². The highest BCUT2D eigenvalue weighted by Crippen LogP contribution is 2.41. The zero-order valence-electron chi connectivity index (χ0n) is 12.8. The first-order valence-corrected chi connectivity index (χ1v) is 8.40. The van der Waals surface area contributed by atoms with Gasteiger partial charge in [0.25, 0.3) is 5.91 Å². The number of rotatable bonds is 6. The van der Waals surface area contributed by atoms with Crippen molar-refractivity contribution in [3.63, 3.8) is 0 Å². The van der Waals surface area contributed by atoms with Crippen LogP contribution in [0, 0.1) is 19.8 Å². The molecule has 22 heavy (non-hydrogen) atoms. The number of aryl methyl sites for hydroxylation is 2. The van der Waals surface area contributed by atoms with Crippen LogP contribution in [0.4, 0.5) is 0 Å². The fourth-order valence-electron chi connectivity index (χ4n) is 2.32. The van der Waals surface area contributed by atoms with E-state index in [1.54, 1.807) is 11.3 Å². The predicted molar refractivity (Wildman–Crippen MR) is 87.1 cm³/mol. The molecule has 3 rings (SSSR count). The fourth-order valence-corrected chi connectivity index (χ4v) is 3.26. The second-order valence-electron chi connectivity index (χ2n) is 5.81. The van der Waals surface area contributed by atoms with Crippen LogP contribution in [0.5, 0.6) is 5.75 Å². The molecule has 116 valence electrons. The van der Waals surface area contributed by atoms with Gasteiger partial charge < -0.3 is 10.1 Å². The van der Waals surface area contributed by atoms with E-state index in [2.05, 4.69) is 10.3 Å². The molecule has 1 saturated carbocycles. The Hall–Kier alpha value is -1.88. The lowest BCUT2D eigenvalue weighted by atomic mass is 10.2. The Balaban J connectivity index is 1.56. The first-order chi connectivity index (χ1) is 10.6. The Labute approximate surface area is 134 Å². The highest BCUT2D eigenvalue weighted by molar-refractivity contribution is 7.09. The Morgan fingerprint density at radius 1 is 1.36 bits per heavy atom. The molecule has 1 amide bonds. The molecule has 1 fully saturated rings. The van der Waals surface area contributed by atoms with Crippen molar-refractivity contribution >= 4 is 17.2 Å². The lowest BCUT2D eigenvalue weighted by Crippen LogP contribution is -2.33. The van der Waals surface area contributed by atoms with Gasteiger partial charge in [-0.1, -0.05) is 17.7 Å². The number of benzene rings is 1. The van der Waals surface area contributed by atoms with E-state index in [-0.39, 0.29) is 18.6 Å². The topological polar surface area (TPSA) is 51.2 Å². The number of carbonyl (C=O) groups excluding carboxylic acids is 1. The molecule has 0 unspecified atom stereocenters. The molecule has 0 saturated heterocycles. The number of hydrogen-bond donors (Lipinski definition) is 1. The average Bonchev–Trinajstić information content (AvgIpc) is 3.26. The van der Waals surface area contributed by atoms with Crippen LogP contribution in [-0.2, 0) is 4.79 Å². The van der Waals surface area contributed by atoms with Gasteiger partial charge in [0.2, 0.25) is 0 Å². The molecule has 0 radical (unpaired) electrons. The quantitative estimate of drug-likeness (QED) is 0.888. The Kier molecular flexibility index (Phi) is 4.43. The minimum atomic E-state index is -0.0923. The summed E-state index contributed by atoms with van der Waals surface area (Å²) in [5, 5.41) is 6.11. The zero-order valence-corrected chi connectivity index (χ0v) is 13.7. The molecule has 1 aliphatic rings. The van der Waals surface area contributed by atoms with E-state index in [4.69, 9.17) is 4.74 Å². The summed E-state index contributed by atoms with van der Waals surface area (Å²) in [5.74, 6) is 1.15. The number of hydrogen-bond acceptors (Lipinski definition) is 4. The van der Waals surface area contributed by atoms with Crippen molar-refractivity contribution in [1.29, 1.82) is 0 Å². The average molecular weight is 316 g/mol. The normalized spacial score (nSPS) is 15.4. The first kappa shape index (κ1) is 15.0. The number of amides is 1. The Morgan fingerprint density at radius 2 is 2.09 bits per heavy atom. The van der Waals surface area contributed by atoms with Crippen LogP contribution in [0.2, 0.25) is 0 Å². The SMILES string of the molecule is Cc1ccc(OCC(=O)N[C@@H](c2nc(C)cs2)C2CC2)cc1. The highest BCUT2D eigenvalue weighted by atomic mass is 32.1. The molecule has 0 spiro atoms. The second-order valence-corrected chi connectivity index (χ2v) is 6.70. The van der Waals surface area contributed by atoms with Crippen molar-refractivity contribution in [2.45, 2.75) is 32.7 Å². The van der Waals surface area contributed by atoms with Crippen molar-refractivity contribution in [1.82, 2.24) is 10.3 Å². The molecule has 1 aliphatic carbocycles. The van der Waals surface area contributed by atoms with Crippen LogP contribution >= 0.6 is 11.3 Å². The molecule has 0 bridgehead atoms. The van der Waals surface area contributed by atoms with Crippen molar-refractivity contribution < 1.29 is 9.53 Å². The Bertz CT molecular complexity index is 647. The third kappa shape index (κ3) is 3.85. The number of nitrogens with zero attached hydrogens (tertiary/aromatic N) is 1. The van der Waals surface area contributed by atoms with Gasteiger partial charge in [-0.3, -0.25) is 4.79 Å². The summed E-state index contributed by atoms with van der Waals surface area (Å²) < 4.78 is 5.54. The first-order valence-electron chi connectivity index (χ1n) is 7.52. The molecule has 1 heterocycles. The lowest BCUT2D eigenvalue weighted by molar-refractivity contribution is -0.124. The van der Waals surface area contributed by atoms with Crippen molar-refractivity contribution in [3.05, 3.63) is 45.9 Å². The molecule has 1 aromatic heterocycles. The molecular formula is C17H20N2O2S. The van der Waals surface area contributed by atoms with Gasteiger partial charge in [0.1, 0.15) is 10.8 Å². The maximum absolute atomic E-state index is 12.1. The minimum absolute atomic E-state index is 0.0350. The third-order valence-corrected chi connectivity index (χ3v) is 4.75. The van der Waals surface area contributed by atoms with Crippen molar-refractivity contribution in [2.24, 2.45) is 5.92 Å². The van der Waals surface area contributed by atoms with Crippen LogP contribution in [0.15, 0.2) is 29.6 Å². The molecule has 4 nitrogen and oxygen atoms in total. The van der Waals surface area contributed by atoms with Gasteiger partial charge in [-0.15, -0.1) is 11.3 Å². The summed E-state index contributed by atoms with van der Waals surface area (Å²) in [6.07, 6.45) is 2.31. The molecule has 0 aliphatic heterocycles. The lowest BCUT2D eigenvalue weighted by Gasteiger charge is -2.16. The largest absolute Gasteiger partial charge is 0.484 e. The van der Waals surface area contributed by atoms with Gasteiger partial charge in [0.05, 0.1) is 6.04 Å². The van der Waals surface area contributed by atoms with Gasteiger partial charge in [-0.2, -0.15) is 0 Å². The fraction of sp³-hybridized carbons (Fsp3) is 0.412. The molecular weight excluding hydrogens is 296 g/mol. The minimum Gasteiger partial charge on any atom is -0.484 e. The highest BCUT2D eigenvalue weighted by Gasteiger charge is 2.35. The number of aromatic nitrogens is 1. The van der Waals surface area contributed by atoms with Crippen LogP contribution in [0.3, 0.4) is 0 Å². The van der Waals surface area contributed by atoms with E-state index in [0.717, 1.165) is 23.5 Å². The summed E-state index contributed by atoms with van der Waals surface area (Å²) in [5.41, 5.74) is 2.18. The monoisotopic (exact) mass is 316 g/mol. The predicted octanol–water partition coefficient (Wildman–Crippen LogP) is 3.41. The smallest absolute Gasteiger partial charge is 0.258 e. The summed E-state index contributed by atoms with van der Waals surface area (Å²) >= 11 is 1.62. The van der Waals surface area contributed by atoms with Gasteiger partial charge >= 0.3 is 0 Å². The standard InChI is InChI=1S/C17H20N2O2S/c1-11-3-7-14(8-4-11)21-9-15(20)19-16(13-5-6-13)17-18-12(2)10-22-17/h3-4,7-8,10,13,16H,5-6,9H2,1-2H3,(H,19,20)/t16-/m1/s1. The molecule has 1 N–H and O–H groups in total. The molecule has 2 aromatic rings. The van der Waals surface area contributed by atoms with Crippen LogP contribution in [-0.4, -0.2) is 17.5 Å². The van der Waals surface area contributed by atoms with E-state index in [1.165, 1.54) is 5.56 Å². The van der Waals surface area contributed by atoms with E-state index in [9.17, 15) is 4.79 Å². The van der Waals surface area contributed by atoms with Gasteiger partial charge in [0, 0.05) is 11.1 Å². The van der Waals surface area contributed by atoms with E-state index in [1.807, 2.05) is 43.5 Å². The Morgan fingerprint density at radius 3 is 2.68 bits per heavy atom. The second kappa shape index (κ2) is 6.48. The van der Waals surface area contributed by atoms with E-state index >= 15 is 0 Å². The van der Waals surface area contributed by atoms with Gasteiger partial charge in [-0.05, 0) is 44.7 Å². The van der Waals surface area contributed by atoms with Gasteiger partial charge in [-0.25, -0.2) is 4.98 Å². The summed E-state index contributed by atoms with van der Waals surface area (Å²) in [4.78, 5) is 16.7. The van der Waals surface area contributed by atoms with Crippen LogP contribution in [0.1, 0.15) is 35.1 Å². The van der Waals surface area contributed by atoms with Crippen molar-refractivity contribution in [3.8, 4) is 5.75 Å². The maximum Gasteiger partial charge on any atom is 0.258 e. The van der Waals surface area contributed by atoms with Crippen LogP contribution in [0.25, 0.3) is 0 Å². The molecule has 1 aromatic carbocycles. The zero-order chi connectivity index (χ0) is 15.5. The van der Waals surface area contributed by atoms with Crippen molar-refractivity contribution in [2.75, 3.05) is 6.61 Å². The molecule has 5 heteroatoms. The number of carbonyl (C=O) groups is 1.